The smallest absolute Gasteiger partial charge is 0.246 e. The van der Waals surface area contributed by atoms with Crippen LogP contribution in [0.25, 0.3) is 0 Å². The lowest BCUT2D eigenvalue weighted by molar-refractivity contribution is -0.126. The van der Waals surface area contributed by atoms with E-state index in [-0.39, 0.29) is 23.8 Å². The van der Waals surface area contributed by atoms with Crippen LogP contribution in [0, 0.1) is 17.8 Å². The zero-order valence-corrected chi connectivity index (χ0v) is 13.3. The summed E-state index contributed by atoms with van der Waals surface area (Å²) in [5.74, 6) is 2.24. The monoisotopic (exact) mass is 316 g/mol. The van der Waals surface area contributed by atoms with E-state index < -0.39 is 0 Å². The fraction of sp³-hybridized carbons (Fsp3) is 0.706. The van der Waals surface area contributed by atoms with Crippen molar-refractivity contribution in [3.63, 3.8) is 0 Å². The van der Waals surface area contributed by atoms with Gasteiger partial charge in [0.05, 0.1) is 12.5 Å². The van der Waals surface area contributed by atoms with Gasteiger partial charge in [0.25, 0.3) is 0 Å². The maximum atomic E-state index is 12.4. The van der Waals surface area contributed by atoms with Gasteiger partial charge in [-0.2, -0.15) is 4.98 Å². The molecule has 0 saturated heterocycles. The summed E-state index contributed by atoms with van der Waals surface area (Å²) in [6, 6.07) is -0.0644. The van der Waals surface area contributed by atoms with Gasteiger partial charge in [-0.15, -0.1) is 0 Å². The average molecular weight is 316 g/mol. The average Bonchev–Trinajstić information content (AvgIpc) is 3.29. The molecule has 1 heterocycles. The summed E-state index contributed by atoms with van der Waals surface area (Å²) in [6.07, 6.45) is 11.3. The van der Waals surface area contributed by atoms with Gasteiger partial charge in [0, 0.05) is 12.0 Å². The second-order valence-electron chi connectivity index (χ2n) is 7.15. The van der Waals surface area contributed by atoms with E-state index in [1.54, 1.807) is 0 Å². The molecule has 2 fully saturated rings. The summed E-state index contributed by atoms with van der Waals surface area (Å²) in [6.45, 7) is 0.295. The topological polar surface area (TPSA) is 94.0 Å². The van der Waals surface area contributed by atoms with Gasteiger partial charge in [-0.3, -0.25) is 4.79 Å². The van der Waals surface area contributed by atoms with Crippen LogP contribution in [0.15, 0.2) is 16.7 Å². The molecule has 0 spiro atoms. The molecule has 4 rings (SSSR count). The van der Waals surface area contributed by atoms with Crippen molar-refractivity contribution in [2.75, 3.05) is 0 Å². The van der Waals surface area contributed by atoms with Crippen LogP contribution in [0.3, 0.4) is 0 Å². The molecule has 2 bridgehead atoms. The zero-order chi connectivity index (χ0) is 15.8. The van der Waals surface area contributed by atoms with Crippen molar-refractivity contribution in [1.82, 2.24) is 15.5 Å². The van der Waals surface area contributed by atoms with Gasteiger partial charge in [0.2, 0.25) is 11.8 Å². The summed E-state index contributed by atoms with van der Waals surface area (Å²) in [5.41, 5.74) is 6.17. The van der Waals surface area contributed by atoms with Gasteiger partial charge in [-0.05, 0) is 31.1 Å². The molecule has 6 nitrogen and oxygen atoms in total. The van der Waals surface area contributed by atoms with E-state index in [1.807, 2.05) is 0 Å². The van der Waals surface area contributed by atoms with E-state index in [0.717, 1.165) is 25.1 Å². The Morgan fingerprint density at radius 2 is 2.04 bits per heavy atom. The third-order valence-corrected chi connectivity index (χ3v) is 5.69. The van der Waals surface area contributed by atoms with Gasteiger partial charge in [-0.25, -0.2) is 0 Å². The summed E-state index contributed by atoms with van der Waals surface area (Å²) in [4.78, 5) is 16.9. The number of carbonyl (C=O) groups is 1. The molecule has 1 aromatic heterocycles. The molecule has 3 N–H and O–H groups in total. The van der Waals surface area contributed by atoms with Gasteiger partial charge in [-0.1, -0.05) is 36.6 Å². The van der Waals surface area contributed by atoms with Crippen LogP contribution in [0.4, 0.5) is 0 Å². The SMILES string of the molecule is N[C@@H]1[C@H](C(=O)NCc2nc(C3CCCCC3)no2)[C@@H]2C=C[C@H]1C2. The minimum absolute atomic E-state index is 0.00627. The summed E-state index contributed by atoms with van der Waals surface area (Å²) in [5, 5.41) is 7.02. The molecule has 0 aliphatic heterocycles. The van der Waals surface area contributed by atoms with Gasteiger partial charge in [0.15, 0.2) is 5.82 Å². The first-order valence-electron chi connectivity index (χ1n) is 8.76. The Bertz CT molecular complexity index is 605. The largest absolute Gasteiger partial charge is 0.347 e. The molecule has 0 radical (unpaired) electrons. The fourth-order valence-electron chi connectivity index (χ4n) is 4.38. The molecular formula is C17H24N4O2. The van der Waals surface area contributed by atoms with Crippen LogP contribution in [0.1, 0.15) is 56.2 Å². The predicted octanol–water partition coefficient (Wildman–Crippen LogP) is 1.88. The predicted molar refractivity (Wildman–Crippen MR) is 84.2 cm³/mol. The van der Waals surface area contributed by atoms with Crippen molar-refractivity contribution in [2.45, 2.75) is 57.0 Å². The zero-order valence-electron chi connectivity index (χ0n) is 13.3. The number of amides is 1. The first kappa shape index (κ1) is 14.9. The van der Waals surface area contributed by atoms with Crippen molar-refractivity contribution in [1.29, 1.82) is 0 Å². The highest BCUT2D eigenvalue weighted by Crippen LogP contribution is 2.42. The van der Waals surface area contributed by atoms with Crippen molar-refractivity contribution >= 4 is 5.91 Å². The van der Waals surface area contributed by atoms with Crippen molar-refractivity contribution in [3.05, 3.63) is 23.9 Å². The summed E-state index contributed by atoms with van der Waals surface area (Å²) < 4.78 is 5.30. The normalized spacial score (nSPS) is 33.3. The number of allylic oxidation sites excluding steroid dienone is 1. The van der Waals surface area contributed by atoms with Crippen LogP contribution >= 0.6 is 0 Å². The highest BCUT2D eigenvalue weighted by atomic mass is 16.5. The van der Waals surface area contributed by atoms with Gasteiger partial charge < -0.3 is 15.6 Å². The Morgan fingerprint density at radius 1 is 1.26 bits per heavy atom. The number of hydrogen-bond donors (Lipinski definition) is 2. The lowest BCUT2D eigenvalue weighted by Gasteiger charge is -2.23. The van der Waals surface area contributed by atoms with E-state index in [4.69, 9.17) is 10.3 Å². The number of carbonyl (C=O) groups excluding carboxylic acids is 1. The lowest BCUT2D eigenvalue weighted by Crippen LogP contribution is -2.43. The third-order valence-electron chi connectivity index (χ3n) is 5.69. The Kier molecular flexibility index (Phi) is 3.93. The van der Waals surface area contributed by atoms with Crippen LogP contribution in [0.5, 0.6) is 0 Å². The Hall–Kier alpha value is -1.69. The van der Waals surface area contributed by atoms with E-state index in [9.17, 15) is 4.79 Å². The minimum atomic E-state index is -0.120. The first-order valence-corrected chi connectivity index (χ1v) is 8.76. The number of nitrogens with two attached hydrogens (primary N) is 1. The molecule has 6 heteroatoms. The maximum Gasteiger partial charge on any atom is 0.246 e. The maximum absolute atomic E-state index is 12.4. The van der Waals surface area contributed by atoms with E-state index in [2.05, 4.69) is 27.6 Å². The third kappa shape index (κ3) is 2.80. The Morgan fingerprint density at radius 3 is 2.78 bits per heavy atom. The summed E-state index contributed by atoms with van der Waals surface area (Å²) in [7, 11) is 0. The highest BCUT2D eigenvalue weighted by Gasteiger charge is 2.46. The van der Waals surface area contributed by atoms with E-state index >= 15 is 0 Å². The van der Waals surface area contributed by atoms with Crippen LogP contribution in [-0.2, 0) is 11.3 Å². The van der Waals surface area contributed by atoms with Crippen molar-refractivity contribution in [2.24, 2.45) is 23.5 Å². The molecule has 3 aliphatic carbocycles. The molecule has 3 aliphatic rings. The Labute approximate surface area is 135 Å². The number of aromatic nitrogens is 2. The second-order valence-corrected chi connectivity index (χ2v) is 7.15. The lowest BCUT2D eigenvalue weighted by atomic mass is 9.89. The van der Waals surface area contributed by atoms with Gasteiger partial charge in [0.1, 0.15) is 0 Å². The molecule has 0 aromatic carbocycles. The van der Waals surface area contributed by atoms with Crippen molar-refractivity contribution in [3.8, 4) is 0 Å². The number of nitrogens with one attached hydrogen (secondary N) is 1. The molecule has 0 unspecified atom stereocenters. The summed E-state index contributed by atoms with van der Waals surface area (Å²) >= 11 is 0. The first-order chi connectivity index (χ1) is 11.2. The number of rotatable bonds is 4. The fourth-order valence-corrected chi connectivity index (χ4v) is 4.38. The molecule has 1 aromatic rings. The molecule has 124 valence electrons. The highest BCUT2D eigenvalue weighted by molar-refractivity contribution is 5.80. The van der Waals surface area contributed by atoms with Crippen LogP contribution < -0.4 is 11.1 Å². The second kappa shape index (κ2) is 6.07. The molecule has 4 atom stereocenters. The molecular weight excluding hydrogens is 292 g/mol. The van der Waals surface area contributed by atoms with Crippen LogP contribution in [-0.4, -0.2) is 22.1 Å². The standard InChI is InChI=1S/C17H24N4O2/c18-15-12-7-6-11(8-12)14(15)17(22)19-9-13-20-16(21-23-13)10-4-2-1-3-5-10/h6-7,10-12,14-15H,1-5,8-9,18H2,(H,19,22)/t11-,12+,14-,15+/m1/s1. The quantitative estimate of drug-likeness (QED) is 0.827. The van der Waals surface area contributed by atoms with Gasteiger partial charge >= 0.3 is 0 Å². The number of fused-ring (bicyclic) bond motifs is 2. The Balaban J connectivity index is 1.33. The molecule has 1 amide bonds. The minimum Gasteiger partial charge on any atom is -0.347 e. The molecule has 2 saturated carbocycles. The van der Waals surface area contributed by atoms with E-state index in [0.29, 0.717) is 24.3 Å². The van der Waals surface area contributed by atoms with E-state index in [1.165, 1.54) is 19.3 Å². The van der Waals surface area contributed by atoms with Crippen molar-refractivity contribution < 1.29 is 9.32 Å². The number of nitrogens with zero attached hydrogens (tertiary/aromatic N) is 2. The van der Waals surface area contributed by atoms with Crippen LogP contribution in [0.2, 0.25) is 0 Å². The molecule has 23 heavy (non-hydrogen) atoms. The number of hydrogen-bond acceptors (Lipinski definition) is 5.